The lowest BCUT2D eigenvalue weighted by atomic mass is 9.64. The molecule has 0 radical (unpaired) electrons. The number of aryl methyl sites for hydroxylation is 1. The fraction of sp³-hybridized carbons (Fsp3) is 0.588. The molecular weight excluding hydrogens is 278 g/mol. The number of nitrogens with zero attached hydrogens (tertiary/aromatic N) is 2. The Morgan fingerprint density at radius 2 is 2.05 bits per heavy atom. The zero-order valence-corrected chi connectivity index (χ0v) is 13.6. The van der Waals surface area contributed by atoms with Crippen LogP contribution in [0, 0.1) is 23.2 Å². The molecule has 0 aromatic carbocycles. The summed E-state index contributed by atoms with van der Waals surface area (Å²) in [6, 6.07) is 5.59. The van der Waals surface area contributed by atoms with Gasteiger partial charge in [-0.2, -0.15) is 0 Å². The van der Waals surface area contributed by atoms with E-state index in [-0.39, 0.29) is 16.7 Å². The Balaban J connectivity index is 1.95. The van der Waals surface area contributed by atoms with Crippen molar-refractivity contribution in [3.63, 3.8) is 0 Å². The van der Waals surface area contributed by atoms with Crippen LogP contribution >= 0.6 is 0 Å². The molecule has 5 heteroatoms. The van der Waals surface area contributed by atoms with Crippen molar-refractivity contribution in [2.75, 3.05) is 5.32 Å². The Kier molecular flexibility index (Phi) is 3.10. The van der Waals surface area contributed by atoms with E-state index >= 15 is 0 Å². The lowest BCUT2D eigenvalue weighted by Gasteiger charge is -2.39. The molecular formula is C17H23N3O2. The average Bonchev–Trinajstić information content (AvgIpc) is 2.77. The topological polar surface area (TPSA) is 74.6 Å². The van der Waals surface area contributed by atoms with Crippen molar-refractivity contribution >= 4 is 17.4 Å². The third kappa shape index (κ3) is 1.68. The highest BCUT2D eigenvalue weighted by Crippen LogP contribution is 2.71. The van der Waals surface area contributed by atoms with E-state index in [2.05, 4.69) is 36.2 Å². The predicted octanol–water partition coefficient (Wildman–Crippen LogP) is 3.38. The number of fused-ring (bicyclic) bond motifs is 2. The minimum atomic E-state index is -0.533. The number of carbonyl (C=O) groups excluding carboxylic acids is 1. The fourth-order valence-corrected chi connectivity index (χ4v) is 4.38. The van der Waals surface area contributed by atoms with Gasteiger partial charge in [0, 0.05) is 17.5 Å². The van der Waals surface area contributed by atoms with Crippen LogP contribution in [0.1, 0.15) is 45.7 Å². The van der Waals surface area contributed by atoms with E-state index in [0.29, 0.717) is 12.2 Å². The van der Waals surface area contributed by atoms with Crippen molar-refractivity contribution in [3.05, 3.63) is 23.9 Å². The molecule has 2 saturated carbocycles. The highest BCUT2D eigenvalue weighted by atomic mass is 16.4. The summed E-state index contributed by atoms with van der Waals surface area (Å²) in [5.74, 6) is 0.566. The average molecular weight is 301 g/mol. The summed E-state index contributed by atoms with van der Waals surface area (Å²) in [6.07, 6.45) is 2.20. The molecule has 2 fully saturated rings. The minimum Gasteiger partial charge on any atom is -0.411 e. The molecule has 5 nitrogen and oxygen atoms in total. The molecule has 0 aliphatic heterocycles. The van der Waals surface area contributed by atoms with Crippen LogP contribution in [0.15, 0.2) is 23.4 Å². The van der Waals surface area contributed by atoms with Gasteiger partial charge in [0.15, 0.2) is 0 Å². The van der Waals surface area contributed by atoms with E-state index in [4.69, 9.17) is 0 Å². The minimum absolute atomic E-state index is 0.0158. The molecule has 0 saturated heterocycles. The first kappa shape index (κ1) is 15.0. The van der Waals surface area contributed by atoms with Gasteiger partial charge in [0.25, 0.3) is 0 Å². The van der Waals surface area contributed by atoms with Gasteiger partial charge in [-0.1, -0.05) is 32.0 Å². The number of hydrogen-bond acceptors (Lipinski definition) is 4. The molecule has 0 spiro atoms. The molecule has 2 N–H and O–H groups in total. The van der Waals surface area contributed by atoms with Gasteiger partial charge in [0.1, 0.15) is 5.82 Å². The lowest BCUT2D eigenvalue weighted by Crippen LogP contribution is -2.43. The summed E-state index contributed by atoms with van der Waals surface area (Å²) < 4.78 is 0. The Morgan fingerprint density at radius 3 is 2.64 bits per heavy atom. The maximum atomic E-state index is 13.0. The molecule has 2 atom stereocenters. The van der Waals surface area contributed by atoms with E-state index in [1.54, 1.807) is 6.07 Å². The summed E-state index contributed by atoms with van der Waals surface area (Å²) in [6.45, 7) is 8.23. The first-order valence-electron chi connectivity index (χ1n) is 7.73. The number of carbonyl (C=O) groups is 1. The SMILES string of the molecule is Cc1cccc(NC(=O)C23CCC(C)(/C(=N/O)C2)C3(C)C)n1. The summed E-state index contributed by atoms with van der Waals surface area (Å²) in [4.78, 5) is 17.4. The van der Waals surface area contributed by atoms with Crippen LogP contribution in [-0.4, -0.2) is 21.8 Å². The molecule has 2 aliphatic rings. The Hall–Kier alpha value is -1.91. The molecule has 3 rings (SSSR count). The van der Waals surface area contributed by atoms with Gasteiger partial charge in [-0.15, -0.1) is 0 Å². The van der Waals surface area contributed by atoms with E-state index in [1.165, 1.54) is 0 Å². The second-order valence-electron chi connectivity index (χ2n) is 7.38. The first-order valence-corrected chi connectivity index (χ1v) is 7.73. The van der Waals surface area contributed by atoms with Crippen molar-refractivity contribution in [2.24, 2.45) is 21.4 Å². The second kappa shape index (κ2) is 4.54. The summed E-state index contributed by atoms with van der Waals surface area (Å²) in [5.41, 5.74) is 0.606. The summed E-state index contributed by atoms with van der Waals surface area (Å²) in [7, 11) is 0. The maximum Gasteiger partial charge on any atom is 0.232 e. The lowest BCUT2D eigenvalue weighted by molar-refractivity contribution is -0.130. The van der Waals surface area contributed by atoms with E-state index in [0.717, 1.165) is 24.2 Å². The molecule has 118 valence electrons. The second-order valence-corrected chi connectivity index (χ2v) is 7.38. The largest absolute Gasteiger partial charge is 0.411 e. The number of nitrogens with one attached hydrogen (secondary N) is 1. The van der Waals surface area contributed by atoms with Gasteiger partial charge in [0.2, 0.25) is 5.91 Å². The van der Waals surface area contributed by atoms with Crippen LogP contribution in [0.3, 0.4) is 0 Å². The van der Waals surface area contributed by atoms with Crippen molar-refractivity contribution in [3.8, 4) is 0 Å². The van der Waals surface area contributed by atoms with Crippen LogP contribution in [0.5, 0.6) is 0 Å². The zero-order chi connectivity index (χ0) is 16.2. The van der Waals surface area contributed by atoms with Gasteiger partial charge in [-0.25, -0.2) is 4.98 Å². The predicted molar refractivity (Wildman–Crippen MR) is 85.0 cm³/mol. The molecule has 1 heterocycles. The number of pyridine rings is 1. The molecule has 1 aromatic heterocycles. The molecule has 1 aromatic rings. The Morgan fingerprint density at radius 1 is 1.32 bits per heavy atom. The van der Waals surface area contributed by atoms with Crippen LogP contribution in [0.25, 0.3) is 0 Å². The number of oxime groups is 1. The Bertz CT molecular complexity index is 668. The molecule has 2 bridgehead atoms. The van der Waals surface area contributed by atoms with Crippen LogP contribution < -0.4 is 5.32 Å². The highest BCUT2D eigenvalue weighted by molar-refractivity contribution is 6.06. The maximum absolute atomic E-state index is 13.0. The highest BCUT2D eigenvalue weighted by Gasteiger charge is 2.71. The van der Waals surface area contributed by atoms with E-state index in [9.17, 15) is 10.0 Å². The molecule has 1 amide bonds. The molecule has 22 heavy (non-hydrogen) atoms. The van der Waals surface area contributed by atoms with E-state index in [1.807, 2.05) is 19.1 Å². The standard InChI is InChI=1S/C17H23N3O2/c1-11-6-5-7-13(18-11)19-14(21)17-9-8-16(4,15(17,2)3)12(10-17)20-22/h5-7,22H,8-10H2,1-4H3,(H,18,19,21)/b20-12+. The van der Waals surface area contributed by atoms with Crippen LogP contribution in [-0.2, 0) is 4.79 Å². The third-order valence-electron chi connectivity index (χ3n) is 6.42. The van der Waals surface area contributed by atoms with Crippen molar-refractivity contribution in [1.29, 1.82) is 0 Å². The number of aromatic nitrogens is 1. The third-order valence-corrected chi connectivity index (χ3v) is 6.42. The van der Waals surface area contributed by atoms with Gasteiger partial charge in [-0.3, -0.25) is 4.79 Å². The summed E-state index contributed by atoms with van der Waals surface area (Å²) >= 11 is 0. The van der Waals surface area contributed by atoms with Gasteiger partial charge < -0.3 is 10.5 Å². The number of hydrogen-bond donors (Lipinski definition) is 2. The summed E-state index contributed by atoms with van der Waals surface area (Å²) in [5, 5.41) is 15.8. The normalized spacial score (nSPS) is 34.1. The molecule has 2 unspecified atom stereocenters. The smallest absolute Gasteiger partial charge is 0.232 e. The Labute approximate surface area is 130 Å². The zero-order valence-electron chi connectivity index (χ0n) is 13.6. The van der Waals surface area contributed by atoms with E-state index < -0.39 is 5.41 Å². The van der Waals surface area contributed by atoms with Crippen LogP contribution in [0.4, 0.5) is 5.82 Å². The fourth-order valence-electron chi connectivity index (χ4n) is 4.38. The first-order chi connectivity index (χ1) is 10.3. The number of anilines is 1. The monoisotopic (exact) mass is 301 g/mol. The van der Waals surface area contributed by atoms with Gasteiger partial charge >= 0.3 is 0 Å². The number of rotatable bonds is 2. The van der Waals surface area contributed by atoms with Crippen molar-refractivity contribution < 1.29 is 10.0 Å². The van der Waals surface area contributed by atoms with Gasteiger partial charge in [0.05, 0.1) is 11.1 Å². The number of amides is 1. The van der Waals surface area contributed by atoms with Crippen molar-refractivity contribution in [1.82, 2.24) is 4.98 Å². The quantitative estimate of drug-likeness (QED) is 0.649. The van der Waals surface area contributed by atoms with Crippen LogP contribution in [0.2, 0.25) is 0 Å². The van der Waals surface area contributed by atoms with Gasteiger partial charge in [-0.05, 0) is 37.3 Å². The van der Waals surface area contributed by atoms with Crippen molar-refractivity contribution in [2.45, 2.75) is 47.0 Å². The molecule has 2 aliphatic carbocycles.